The summed E-state index contributed by atoms with van der Waals surface area (Å²) in [5.74, 6) is -1.32. The van der Waals surface area contributed by atoms with Crippen LogP contribution in [0.3, 0.4) is 0 Å². The molecule has 10 heteroatoms. The molecule has 0 aliphatic rings. The number of hydrogen-bond donors (Lipinski definition) is 2. The molecule has 0 saturated carbocycles. The highest BCUT2D eigenvalue weighted by molar-refractivity contribution is 6.09. The molecule has 36 heavy (non-hydrogen) atoms. The van der Waals surface area contributed by atoms with Crippen molar-refractivity contribution < 1.29 is 37.3 Å². The van der Waals surface area contributed by atoms with Crippen molar-refractivity contribution in [1.29, 1.82) is 5.26 Å². The highest BCUT2D eigenvalue weighted by Gasteiger charge is 2.30. The zero-order valence-corrected chi connectivity index (χ0v) is 18.8. The Morgan fingerprint density at radius 2 is 1.81 bits per heavy atom. The number of nitrogens with zero attached hydrogens (tertiary/aromatic N) is 1. The summed E-state index contributed by atoms with van der Waals surface area (Å²) in [5.41, 5.74) is -0.228. The molecule has 3 aromatic rings. The molecule has 0 radical (unpaired) electrons. The van der Waals surface area contributed by atoms with Gasteiger partial charge in [-0.3, -0.25) is 4.79 Å². The molecule has 0 saturated heterocycles. The number of methoxy groups -OCH3 is 1. The van der Waals surface area contributed by atoms with Gasteiger partial charge in [-0.15, -0.1) is 0 Å². The number of carbonyl (C=O) groups excluding carboxylic acids is 1. The van der Waals surface area contributed by atoms with Crippen molar-refractivity contribution in [2.75, 3.05) is 12.4 Å². The number of carboxylic acid groups (broad SMARTS) is 1. The van der Waals surface area contributed by atoms with Gasteiger partial charge in [0.25, 0.3) is 5.91 Å². The fourth-order valence-electron chi connectivity index (χ4n) is 3.14. The first-order valence-electron chi connectivity index (χ1n) is 10.3. The Labute approximate surface area is 204 Å². The molecule has 184 valence electrons. The number of rotatable bonds is 8. The molecule has 0 unspecified atom stereocenters. The van der Waals surface area contributed by atoms with Crippen molar-refractivity contribution in [2.45, 2.75) is 12.8 Å². The number of benzene rings is 3. The molecule has 0 aliphatic carbocycles. The number of alkyl halides is 3. The van der Waals surface area contributed by atoms with E-state index in [1.165, 1.54) is 37.5 Å². The molecule has 0 aliphatic heterocycles. The first-order chi connectivity index (χ1) is 17.1. The van der Waals surface area contributed by atoms with Crippen LogP contribution in [0.5, 0.6) is 11.5 Å². The minimum absolute atomic E-state index is 0.0650. The molecule has 0 bridgehead atoms. The number of anilines is 1. The lowest BCUT2D eigenvalue weighted by Crippen LogP contribution is -2.14. The molecular formula is C26H19F3N2O5. The largest absolute Gasteiger partial charge is 0.493 e. The maximum absolute atomic E-state index is 12.9. The van der Waals surface area contributed by atoms with E-state index in [-0.39, 0.29) is 29.2 Å². The van der Waals surface area contributed by atoms with E-state index in [9.17, 15) is 28.0 Å². The summed E-state index contributed by atoms with van der Waals surface area (Å²) in [6, 6.07) is 16.7. The number of hydrogen-bond acceptors (Lipinski definition) is 5. The molecule has 3 aromatic carbocycles. The number of aromatic carboxylic acids is 1. The van der Waals surface area contributed by atoms with E-state index in [1.54, 1.807) is 30.3 Å². The van der Waals surface area contributed by atoms with Crippen LogP contribution in [0.15, 0.2) is 72.3 Å². The average molecular weight is 496 g/mol. The van der Waals surface area contributed by atoms with E-state index in [2.05, 4.69) is 5.32 Å². The van der Waals surface area contributed by atoms with Crippen LogP contribution in [0.25, 0.3) is 6.08 Å². The van der Waals surface area contributed by atoms with Gasteiger partial charge in [0.05, 0.1) is 18.2 Å². The van der Waals surface area contributed by atoms with E-state index in [0.29, 0.717) is 16.9 Å². The summed E-state index contributed by atoms with van der Waals surface area (Å²) >= 11 is 0. The predicted octanol–water partition coefficient (Wildman–Crippen LogP) is 5.54. The van der Waals surface area contributed by atoms with E-state index in [1.807, 2.05) is 0 Å². The number of halogens is 3. The summed E-state index contributed by atoms with van der Waals surface area (Å²) in [6.45, 7) is 0.0650. The monoisotopic (exact) mass is 496 g/mol. The van der Waals surface area contributed by atoms with E-state index in [0.717, 1.165) is 18.2 Å². The summed E-state index contributed by atoms with van der Waals surface area (Å²) in [4.78, 5) is 23.6. The third kappa shape index (κ3) is 6.64. The number of ether oxygens (including phenoxy) is 2. The SMILES string of the molecule is COc1cc(/C=C(/C#N)C(=O)Nc2cccc(C(F)(F)F)c2)ccc1OCc1cccc(C(=O)O)c1. The lowest BCUT2D eigenvalue weighted by Gasteiger charge is -2.12. The van der Waals surface area contributed by atoms with Crippen molar-refractivity contribution >= 4 is 23.6 Å². The van der Waals surface area contributed by atoms with Crippen LogP contribution >= 0.6 is 0 Å². The molecular weight excluding hydrogens is 477 g/mol. The topological polar surface area (TPSA) is 109 Å². The number of carboxylic acids is 1. The zero-order chi connectivity index (χ0) is 26.3. The first-order valence-corrected chi connectivity index (χ1v) is 10.3. The van der Waals surface area contributed by atoms with Crippen LogP contribution < -0.4 is 14.8 Å². The fraction of sp³-hybridized carbons (Fsp3) is 0.115. The Morgan fingerprint density at radius 3 is 2.47 bits per heavy atom. The second-order valence-corrected chi connectivity index (χ2v) is 7.41. The molecule has 0 spiro atoms. The van der Waals surface area contributed by atoms with E-state index >= 15 is 0 Å². The van der Waals surface area contributed by atoms with Gasteiger partial charge >= 0.3 is 12.1 Å². The van der Waals surface area contributed by atoms with Crippen LogP contribution in [0.2, 0.25) is 0 Å². The normalized spacial score (nSPS) is 11.4. The number of amides is 1. The summed E-state index contributed by atoms with van der Waals surface area (Å²) in [5, 5.41) is 20.8. The Morgan fingerprint density at radius 1 is 1.06 bits per heavy atom. The number of nitrogens with one attached hydrogen (secondary N) is 1. The smallest absolute Gasteiger partial charge is 0.416 e. The van der Waals surface area contributed by atoms with Crippen LogP contribution in [0.1, 0.15) is 27.0 Å². The van der Waals surface area contributed by atoms with Crippen molar-refractivity contribution in [3.05, 3.63) is 94.6 Å². The van der Waals surface area contributed by atoms with Gasteiger partial charge < -0.3 is 19.9 Å². The van der Waals surface area contributed by atoms with Gasteiger partial charge in [0.1, 0.15) is 18.2 Å². The van der Waals surface area contributed by atoms with Crippen molar-refractivity contribution in [3.8, 4) is 17.6 Å². The standard InChI is InChI=1S/C26H19F3N2O5/c1-35-23-12-16(8-9-22(23)36-15-17-4-2-5-18(11-17)25(33)34)10-19(14-30)24(32)31-21-7-3-6-20(13-21)26(27,28)29/h2-13H,15H2,1H3,(H,31,32)(H,33,34)/b19-10-. The van der Waals surface area contributed by atoms with Gasteiger partial charge in [-0.25, -0.2) is 4.79 Å². The van der Waals surface area contributed by atoms with Gasteiger partial charge in [-0.1, -0.05) is 24.3 Å². The number of nitriles is 1. The zero-order valence-electron chi connectivity index (χ0n) is 18.8. The van der Waals surface area contributed by atoms with Crippen LogP contribution in [0.4, 0.5) is 18.9 Å². The second-order valence-electron chi connectivity index (χ2n) is 7.41. The Balaban J connectivity index is 1.76. The minimum Gasteiger partial charge on any atom is -0.493 e. The third-order valence-corrected chi connectivity index (χ3v) is 4.88. The quantitative estimate of drug-likeness (QED) is 0.313. The molecule has 0 fully saturated rings. The van der Waals surface area contributed by atoms with Crippen molar-refractivity contribution in [2.24, 2.45) is 0 Å². The van der Waals surface area contributed by atoms with Gasteiger partial charge in [0.15, 0.2) is 11.5 Å². The van der Waals surface area contributed by atoms with Crippen LogP contribution in [-0.4, -0.2) is 24.1 Å². The lowest BCUT2D eigenvalue weighted by atomic mass is 10.1. The van der Waals surface area contributed by atoms with Crippen LogP contribution in [-0.2, 0) is 17.6 Å². The molecule has 7 nitrogen and oxygen atoms in total. The van der Waals surface area contributed by atoms with E-state index < -0.39 is 23.6 Å². The maximum Gasteiger partial charge on any atom is 0.416 e. The Bertz CT molecular complexity index is 1360. The van der Waals surface area contributed by atoms with Gasteiger partial charge in [-0.05, 0) is 59.7 Å². The Hall–Kier alpha value is -4.78. The van der Waals surface area contributed by atoms with Crippen molar-refractivity contribution in [3.63, 3.8) is 0 Å². The molecule has 3 rings (SSSR count). The Kier molecular flexibility index (Phi) is 7.96. The summed E-state index contributed by atoms with van der Waals surface area (Å²) in [7, 11) is 1.40. The van der Waals surface area contributed by atoms with Gasteiger partial charge in [-0.2, -0.15) is 18.4 Å². The molecule has 0 heterocycles. The predicted molar refractivity (Wildman–Crippen MR) is 124 cm³/mol. The summed E-state index contributed by atoms with van der Waals surface area (Å²) < 4.78 is 49.7. The molecule has 2 N–H and O–H groups in total. The molecule has 0 aromatic heterocycles. The highest BCUT2D eigenvalue weighted by atomic mass is 19.4. The number of carbonyl (C=O) groups is 2. The third-order valence-electron chi connectivity index (χ3n) is 4.88. The second kappa shape index (κ2) is 11.1. The first kappa shape index (κ1) is 25.8. The fourth-order valence-corrected chi connectivity index (χ4v) is 3.14. The average Bonchev–Trinajstić information content (AvgIpc) is 2.86. The maximum atomic E-state index is 12.9. The molecule has 1 amide bonds. The minimum atomic E-state index is -4.58. The van der Waals surface area contributed by atoms with Gasteiger partial charge in [0.2, 0.25) is 0 Å². The van der Waals surface area contributed by atoms with Crippen molar-refractivity contribution in [1.82, 2.24) is 0 Å². The highest BCUT2D eigenvalue weighted by Crippen LogP contribution is 2.31. The van der Waals surface area contributed by atoms with E-state index in [4.69, 9.17) is 14.6 Å². The van der Waals surface area contributed by atoms with Crippen LogP contribution in [0, 0.1) is 11.3 Å². The summed E-state index contributed by atoms with van der Waals surface area (Å²) in [6.07, 6.45) is -3.32. The van der Waals surface area contributed by atoms with Gasteiger partial charge in [0, 0.05) is 5.69 Å². The lowest BCUT2D eigenvalue weighted by molar-refractivity contribution is -0.137. The molecule has 0 atom stereocenters.